The van der Waals surface area contributed by atoms with Gasteiger partial charge in [-0.25, -0.2) is 4.79 Å². The van der Waals surface area contributed by atoms with Crippen LogP contribution in [0.5, 0.6) is 5.75 Å². The molecule has 5 nitrogen and oxygen atoms in total. The zero-order chi connectivity index (χ0) is 16.6. The highest BCUT2D eigenvalue weighted by molar-refractivity contribution is 7.98. The van der Waals surface area contributed by atoms with Crippen LogP contribution < -0.4 is 10.3 Å². The number of carbonyl (C=O) groups excluding carboxylic acids is 1. The summed E-state index contributed by atoms with van der Waals surface area (Å²) in [6.07, 6.45) is 0.113. The maximum Gasteiger partial charge on any atom is 0.514 e. The summed E-state index contributed by atoms with van der Waals surface area (Å²) >= 11 is 1.76. The number of benzene rings is 1. The first kappa shape index (κ1) is 15.9. The smallest absolute Gasteiger partial charge is 0.428 e. The summed E-state index contributed by atoms with van der Waals surface area (Å²) in [5.74, 6) is 2.12. The topological polar surface area (TPSA) is 68.4 Å². The van der Waals surface area contributed by atoms with Crippen LogP contribution in [0.4, 0.5) is 4.79 Å². The number of hydrogen-bond acceptors (Lipinski definition) is 5. The van der Waals surface area contributed by atoms with E-state index in [0.29, 0.717) is 5.75 Å². The summed E-state index contributed by atoms with van der Waals surface area (Å²) in [6.45, 7) is 5.36. The summed E-state index contributed by atoms with van der Waals surface area (Å²) in [4.78, 5) is 26.8. The van der Waals surface area contributed by atoms with Gasteiger partial charge in [0, 0.05) is 22.2 Å². The monoisotopic (exact) mass is 333 g/mol. The Hall–Kier alpha value is -1.95. The number of hydrogen-bond donors (Lipinski definition) is 1. The van der Waals surface area contributed by atoms with E-state index < -0.39 is 11.8 Å². The highest BCUT2D eigenvalue weighted by Gasteiger charge is 2.20. The average molecular weight is 333 g/mol. The molecule has 2 aromatic rings. The first-order valence-electron chi connectivity index (χ1n) is 7.50. The molecular weight excluding hydrogens is 314 g/mol. The van der Waals surface area contributed by atoms with Gasteiger partial charge in [-0.1, -0.05) is 0 Å². The Morgan fingerprint density at radius 2 is 2.04 bits per heavy atom. The van der Waals surface area contributed by atoms with E-state index in [0.717, 1.165) is 40.0 Å². The number of aryl methyl sites for hydroxylation is 1. The number of fused-ring (bicyclic) bond motifs is 3. The Kier molecular flexibility index (Phi) is 4.10. The predicted molar refractivity (Wildman–Crippen MR) is 91.3 cm³/mol. The molecule has 1 aliphatic heterocycles. The predicted octanol–water partition coefficient (Wildman–Crippen LogP) is 3.63. The van der Waals surface area contributed by atoms with Gasteiger partial charge in [0.2, 0.25) is 0 Å². The molecule has 0 saturated carbocycles. The van der Waals surface area contributed by atoms with Crippen LogP contribution in [0.3, 0.4) is 0 Å². The summed E-state index contributed by atoms with van der Waals surface area (Å²) in [6, 6.07) is 5.22. The Balaban J connectivity index is 1.97. The molecule has 1 N–H and O–H groups in total. The highest BCUT2D eigenvalue weighted by atomic mass is 32.2. The molecule has 23 heavy (non-hydrogen) atoms. The van der Waals surface area contributed by atoms with Crippen molar-refractivity contribution in [3.63, 3.8) is 0 Å². The third-order valence-corrected chi connectivity index (χ3v) is 4.52. The number of pyridine rings is 1. The van der Waals surface area contributed by atoms with Crippen molar-refractivity contribution in [2.24, 2.45) is 0 Å². The lowest BCUT2D eigenvalue weighted by molar-refractivity contribution is 0.0206. The SMILES string of the molecule is CC(C)(C)OC(=O)Oc1ccc2[nH]c(=O)c3c(c2c1)CCSC3. The highest BCUT2D eigenvalue weighted by Crippen LogP contribution is 2.30. The average Bonchev–Trinajstić information content (AvgIpc) is 2.46. The molecule has 0 radical (unpaired) electrons. The molecule has 0 unspecified atom stereocenters. The van der Waals surface area contributed by atoms with Crippen molar-refractivity contribution in [3.8, 4) is 5.75 Å². The van der Waals surface area contributed by atoms with Crippen molar-refractivity contribution in [2.45, 2.75) is 38.5 Å². The molecule has 0 spiro atoms. The van der Waals surface area contributed by atoms with Crippen LogP contribution in [0.25, 0.3) is 10.9 Å². The maximum atomic E-state index is 12.1. The van der Waals surface area contributed by atoms with Crippen LogP contribution in [0.2, 0.25) is 0 Å². The molecule has 0 aliphatic carbocycles. The van der Waals surface area contributed by atoms with E-state index in [2.05, 4.69) is 4.98 Å². The minimum atomic E-state index is -0.731. The van der Waals surface area contributed by atoms with Crippen LogP contribution in [0.15, 0.2) is 23.0 Å². The molecule has 0 amide bonds. The number of aromatic nitrogens is 1. The largest absolute Gasteiger partial charge is 0.514 e. The second-order valence-corrected chi connectivity index (χ2v) is 7.59. The third kappa shape index (κ3) is 3.52. The number of H-pyrrole nitrogens is 1. The molecule has 1 aliphatic rings. The van der Waals surface area contributed by atoms with E-state index in [1.165, 1.54) is 0 Å². The van der Waals surface area contributed by atoms with Crippen LogP contribution in [-0.4, -0.2) is 22.5 Å². The van der Waals surface area contributed by atoms with Crippen molar-refractivity contribution in [2.75, 3.05) is 5.75 Å². The summed E-state index contributed by atoms with van der Waals surface area (Å²) < 4.78 is 10.4. The molecule has 0 bridgehead atoms. The fourth-order valence-electron chi connectivity index (χ4n) is 2.60. The molecule has 1 aromatic heterocycles. The molecule has 6 heteroatoms. The van der Waals surface area contributed by atoms with Crippen molar-refractivity contribution < 1.29 is 14.3 Å². The molecule has 122 valence electrons. The van der Waals surface area contributed by atoms with Crippen molar-refractivity contribution >= 4 is 28.8 Å². The van der Waals surface area contributed by atoms with E-state index in [1.807, 2.05) is 0 Å². The van der Waals surface area contributed by atoms with Gasteiger partial charge in [0.25, 0.3) is 5.56 Å². The lowest BCUT2D eigenvalue weighted by Gasteiger charge is -2.19. The van der Waals surface area contributed by atoms with Gasteiger partial charge >= 0.3 is 6.16 Å². The number of carbonyl (C=O) groups is 1. The molecular formula is C17H19NO4S. The lowest BCUT2D eigenvalue weighted by Crippen LogP contribution is -2.26. The zero-order valence-electron chi connectivity index (χ0n) is 13.4. The van der Waals surface area contributed by atoms with Crippen LogP contribution in [-0.2, 0) is 16.9 Å². The standard InChI is InChI=1S/C17H19NO4S/c1-17(2,3)22-16(20)21-10-4-5-14-12(8-10)11-6-7-23-9-13(11)15(19)18-14/h4-5,8H,6-7,9H2,1-3H3,(H,18,19). The van der Waals surface area contributed by atoms with Gasteiger partial charge < -0.3 is 14.5 Å². The van der Waals surface area contributed by atoms with Gasteiger partial charge in [0.15, 0.2) is 0 Å². The Labute approximate surface area is 138 Å². The number of nitrogens with one attached hydrogen (secondary N) is 1. The van der Waals surface area contributed by atoms with E-state index in [-0.39, 0.29) is 5.56 Å². The summed E-state index contributed by atoms with van der Waals surface area (Å²) in [5.41, 5.74) is 2.01. The fourth-order valence-corrected chi connectivity index (χ4v) is 3.60. The minimum absolute atomic E-state index is 0.0273. The maximum absolute atomic E-state index is 12.1. The van der Waals surface area contributed by atoms with Gasteiger partial charge in [0.1, 0.15) is 11.4 Å². The zero-order valence-corrected chi connectivity index (χ0v) is 14.2. The Morgan fingerprint density at radius 1 is 1.26 bits per heavy atom. The normalized spacial score (nSPS) is 14.4. The Bertz CT molecular complexity index is 820. The van der Waals surface area contributed by atoms with E-state index >= 15 is 0 Å². The van der Waals surface area contributed by atoms with E-state index in [4.69, 9.17) is 9.47 Å². The summed E-state index contributed by atoms with van der Waals surface area (Å²) in [7, 11) is 0. The van der Waals surface area contributed by atoms with Crippen molar-refractivity contribution in [1.82, 2.24) is 4.98 Å². The van der Waals surface area contributed by atoms with Gasteiger partial charge in [-0.05, 0) is 56.7 Å². The third-order valence-electron chi connectivity index (χ3n) is 3.54. The first-order valence-corrected chi connectivity index (χ1v) is 8.65. The lowest BCUT2D eigenvalue weighted by atomic mass is 10.0. The van der Waals surface area contributed by atoms with Gasteiger partial charge in [-0.3, -0.25) is 4.79 Å². The summed E-state index contributed by atoms with van der Waals surface area (Å²) in [5, 5.41) is 0.931. The molecule has 0 saturated heterocycles. The van der Waals surface area contributed by atoms with Gasteiger partial charge in [0.05, 0.1) is 0 Å². The number of thioether (sulfide) groups is 1. The fraction of sp³-hybridized carbons (Fsp3) is 0.412. The quantitative estimate of drug-likeness (QED) is 0.637. The van der Waals surface area contributed by atoms with E-state index in [1.54, 1.807) is 50.7 Å². The molecule has 2 heterocycles. The molecule has 0 atom stereocenters. The van der Waals surface area contributed by atoms with Crippen LogP contribution in [0, 0.1) is 0 Å². The molecule has 1 aromatic carbocycles. The first-order chi connectivity index (χ1) is 10.8. The molecule has 3 rings (SSSR count). The Morgan fingerprint density at radius 3 is 2.78 bits per heavy atom. The van der Waals surface area contributed by atoms with Crippen LogP contribution >= 0.6 is 11.8 Å². The van der Waals surface area contributed by atoms with Gasteiger partial charge in [-0.15, -0.1) is 0 Å². The number of ether oxygens (including phenoxy) is 2. The second kappa shape index (κ2) is 5.92. The van der Waals surface area contributed by atoms with Crippen LogP contribution in [0.1, 0.15) is 31.9 Å². The number of aromatic amines is 1. The minimum Gasteiger partial charge on any atom is -0.428 e. The van der Waals surface area contributed by atoms with Crippen molar-refractivity contribution in [3.05, 3.63) is 39.7 Å². The number of rotatable bonds is 1. The second-order valence-electron chi connectivity index (χ2n) is 6.49. The molecule has 0 fully saturated rings. The van der Waals surface area contributed by atoms with Crippen molar-refractivity contribution in [1.29, 1.82) is 0 Å². The van der Waals surface area contributed by atoms with E-state index in [9.17, 15) is 9.59 Å². The van der Waals surface area contributed by atoms with Gasteiger partial charge in [-0.2, -0.15) is 11.8 Å².